The fraction of sp³-hybridized carbons (Fsp3) is 0.278. The van der Waals surface area contributed by atoms with Crippen LogP contribution in [0.2, 0.25) is 0 Å². The number of aromatic amines is 1. The summed E-state index contributed by atoms with van der Waals surface area (Å²) in [6.45, 7) is 2.02. The summed E-state index contributed by atoms with van der Waals surface area (Å²) in [5, 5.41) is 14.2. The average molecular weight is 339 g/mol. The van der Waals surface area contributed by atoms with Crippen molar-refractivity contribution in [2.75, 3.05) is 7.11 Å². The topological polar surface area (TPSA) is 84.8 Å². The monoisotopic (exact) mass is 339 g/mol. The Morgan fingerprint density at radius 3 is 2.88 bits per heavy atom. The second-order valence-corrected chi connectivity index (χ2v) is 5.71. The normalized spacial score (nSPS) is 12.0. The van der Waals surface area contributed by atoms with E-state index in [1.807, 2.05) is 44.3 Å². The quantitative estimate of drug-likeness (QED) is 0.723. The Morgan fingerprint density at radius 1 is 1.36 bits per heavy atom. The predicted molar refractivity (Wildman–Crippen MR) is 94.3 cm³/mol. The van der Waals surface area contributed by atoms with Gasteiger partial charge >= 0.3 is 0 Å². The van der Waals surface area contributed by atoms with E-state index in [0.717, 1.165) is 23.4 Å². The molecule has 0 saturated heterocycles. The fourth-order valence-electron chi connectivity index (χ4n) is 2.72. The first-order valence-corrected chi connectivity index (χ1v) is 8.11. The molecule has 7 nitrogen and oxygen atoms in total. The number of amides is 1. The van der Waals surface area contributed by atoms with Gasteiger partial charge in [0, 0.05) is 18.8 Å². The first-order chi connectivity index (χ1) is 12.1. The number of carbonyl (C=O) groups is 1. The van der Waals surface area contributed by atoms with E-state index in [-0.39, 0.29) is 11.9 Å². The van der Waals surface area contributed by atoms with E-state index < -0.39 is 0 Å². The Bertz CT molecular complexity index is 868. The lowest BCUT2D eigenvalue weighted by molar-refractivity contribution is 0.0929. The molecule has 0 spiro atoms. The highest BCUT2D eigenvalue weighted by atomic mass is 16.5. The van der Waals surface area contributed by atoms with Gasteiger partial charge in [0.15, 0.2) is 0 Å². The van der Waals surface area contributed by atoms with Crippen molar-refractivity contribution < 1.29 is 9.53 Å². The van der Waals surface area contributed by atoms with Gasteiger partial charge in [-0.05, 0) is 30.7 Å². The third-order valence-corrected chi connectivity index (χ3v) is 4.12. The molecule has 0 radical (unpaired) electrons. The van der Waals surface area contributed by atoms with Crippen LogP contribution < -0.4 is 10.1 Å². The summed E-state index contributed by atoms with van der Waals surface area (Å²) in [5.74, 6) is 0.545. The third kappa shape index (κ3) is 3.55. The number of carbonyl (C=O) groups excluding carboxylic acids is 1. The minimum Gasteiger partial charge on any atom is -0.497 e. The molecule has 2 heterocycles. The molecule has 1 unspecified atom stereocenters. The predicted octanol–water partition coefficient (Wildman–Crippen LogP) is 2.70. The number of benzene rings is 1. The molecule has 1 aromatic carbocycles. The van der Waals surface area contributed by atoms with Crippen LogP contribution in [-0.4, -0.2) is 33.0 Å². The number of nitrogens with zero attached hydrogens (tertiary/aromatic N) is 3. The van der Waals surface area contributed by atoms with E-state index in [0.29, 0.717) is 11.4 Å². The van der Waals surface area contributed by atoms with Gasteiger partial charge < -0.3 is 10.1 Å². The molecule has 130 valence electrons. The van der Waals surface area contributed by atoms with Crippen molar-refractivity contribution in [2.24, 2.45) is 7.05 Å². The number of ether oxygens (including phenoxy) is 1. The highest BCUT2D eigenvalue weighted by molar-refractivity contribution is 5.93. The second-order valence-electron chi connectivity index (χ2n) is 5.71. The summed E-state index contributed by atoms with van der Waals surface area (Å²) in [7, 11) is 3.48. The van der Waals surface area contributed by atoms with Crippen molar-refractivity contribution in [3.05, 3.63) is 54.0 Å². The van der Waals surface area contributed by atoms with Gasteiger partial charge in [0.2, 0.25) is 0 Å². The number of aryl methyl sites for hydroxylation is 1. The van der Waals surface area contributed by atoms with Gasteiger partial charge in [0.25, 0.3) is 5.91 Å². The zero-order chi connectivity index (χ0) is 17.8. The van der Waals surface area contributed by atoms with E-state index in [1.165, 1.54) is 0 Å². The van der Waals surface area contributed by atoms with Crippen LogP contribution in [0.1, 0.15) is 35.6 Å². The molecular weight excluding hydrogens is 318 g/mol. The first-order valence-electron chi connectivity index (χ1n) is 8.11. The molecule has 0 fully saturated rings. The Hall–Kier alpha value is -3.09. The Labute approximate surface area is 146 Å². The molecule has 7 heteroatoms. The maximum Gasteiger partial charge on any atom is 0.269 e. The molecule has 0 saturated carbocycles. The number of rotatable bonds is 6. The summed E-state index contributed by atoms with van der Waals surface area (Å²) >= 11 is 0. The van der Waals surface area contributed by atoms with Gasteiger partial charge in [0.05, 0.1) is 24.5 Å². The number of nitrogens with one attached hydrogen (secondary N) is 2. The molecule has 0 aliphatic carbocycles. The maximum absolute atomic E-state index is 12.6. The SMILES string of the molecule is CCC(NC(=O)c1cc(-c2cccc(OC)c2)n[nH]1)c1ccnn1C. The minimum atomic E-state index is -0.199. The number of aromatic nitrogens is 4. The third-order valence-electron chi connectivity index (χ3n) is 4.12. The van der Waals surface area contributed by atoms with Crippen LogP contribution in [-0.2, 0) is 7.05 Å². The van der Waals surface area contributed by atoms with Crippen LogP contribution in [0.25, 0.3) is 11.3 Å². The zero-order valence-electron chi connectivity index (χ0n) is 14.5. The molecule has 0 aliphatic heterocycles. The van der Waals surface area contributed by atoms with E-state index in [4.69, 9.17) is 4.74 Å². The number of hydrogen-bond acceptors (Lipinski definition) is 4. The van der Waals surface area contributed by atoms with Gasteiger partial charge in [-0.25, -0.2) is 0 Å². The number of H-pyrrole nitrogens is 1. The first kappa shape index (κ1) is 16.8. The molecule has 3 aromatic rings. The van der Waals surface area contributed by atoms with Crippen LogP contribution in [0, 0.1) is 0 Å². The number of hydrogen-bond donors (Lipinski definition) is 2. The lowest BCUT2D eigenvalue weighted by atomic mass is 10.1. The number of methoxy groups -OCH3 is 1. The second kappa shape index (κ2) is 7.21. The van der Waals surface area contributed by atoms with Crippen LogP contribution in [0.4, 0.5) is 0 Å². The summed E-state index contributed by atoms with van der Waals surface area (Å²) in [6, 6.07) is 11.1. The smallest absolute Gasteiger partial charge is 0.269 e. The summed E-state index contributed by atoms with van der Waals surface area (Å²) in [6.07, 6.45) is 2.49. The molecular formula is C18H21N5O2. The van der Waals surface area contributed by atoms with Crippen molar-refractivity contribution in [1.29, 1.82) is 0 Å². The van der Waals surface area contributed by atoms with Crippen LogP contribution in [0.15, 0.2) is 42.6 Å². The molecule has 0 bridgehead atoms. The molecule has 25 heavy (non-hydrogen) atoms. The van der Waals surface area contributed by atoms with Crippen molar-refractivity contribution >= 4 is 5.91 Å². The molecule has 1 atom stereocenters. The van der Waals surface area contributed by atoms with Crippen molar-refractivity contribution in [3.63, 3.8) is 0 Å². The molecule has 1 amide bonds. The lowest BCUT2D eigenvalue weighted by Gasteiger charge is -2.16. The van der Waals surface area contributed by atoms with Crippen LogP contribution in [0.3, 0.4) is 0 Å². The highest BCUT2D eigenvalue weighted by Gasteiger charge is 2.18. The van der Waals surface area contributed by atoms with E-state index in [1.54, 1.807) is 24.1 Å². The maximum atomic E-state index is 12.6. The van der Waals surface area contributed by atoms with Gasteiger partial charge in [-0.15, -0.1) is 0 Å². The summed E-state index contributed by atoms with van der Waals surface area (Å²) in [5.41, 5.74) is 2.95. The molecule has 2 aromatic heterocycles. The average Bonchev–Trinajstić information content (AvgIpc) is 3.29. The molecule has 3 rings (SSSR count). The Kier molecular flexibility index (Phi) is 4.83. The van der Waals surface area contributed by atoms with Gasteiger partial charge in [0.1, 0.15) is 11.4 Å². The van der Waals surface area contributed by atoms with Gasteiger partial charge in [-0.1, -0.05) is 19.1 Å². The highest BCUT2D eigenvalue weighted by Crippen LogP contribution is 2.23. The lowest BCUT2D eigenvalue weighted by Crippen LogP contribution is -2.29. The van der Waals surface area contributed by atoms with Crippen molar-refractivity contribution in [2.45, 2.75) is 19.4 Å². The van der Waals surface area contributed by atoms with Crippen LogP contribution in [0.5, 0.6) is 5.75 Å². The van der Waals surface area contributed by atoms with Gasteiger partial charge in [-0.3, -0.25) is 14.6 Å². The minimum absolute atomic E-state index is 0.108. The molecule has 2 N–H and O–H groups in total. The van der Waals surface area contributed by atoms with E-state index in [2.05, 4.69) is 20.6 Å². The molecule has 0 aliphatic rings. The largest absolute Gasteiger partial charge is 0.497 e. The Balaban J connectivity index is 1.77. The summed E-state index contributed by atoms with van der Waals surface area (Å²) in [4.78, 5) is 12.6. The van der Waals surface area contributed by atoms with Gasteiger partial charge in [-0.2, -0.15) is 10.2 Å². The van der Waals surface area contributed by atoms with Crippen LogP contribution >= 0.6 is 0 Å². The van der Waals surface area contributed by atoms with E-state index >= 15 is 0 Å². The standard InChI is InChI=1S/C18H21N5O2/c1-4-14(17-8-9-19-23(17)2)20-18(24)16-11-15(21-22-16)12-6-5-7-13(10-12)25-3/h5-11,14H,4H2,1-3H3,(H,20,24)(H,21,22). The Morgan fingerprint density at radius 2 is 2.20 bits per heavy atom. The summed E-state index contributed by atoms with van der Waals surface area (Å²) < 4.78 is 6.99. The fourth-order valence-corrected chi connectivity index (χ4v) is 2.72. The van der Waals surface area contributed by atoms with Crippen molar-refractivity contribution in [1.82, 2.24) is 25.3 Å². The zero-order valence-corrected chi connectivity index (χ0v) is 14.5. The van der Waals surface area contributed by atoms with E-state index in [9.17, 15) is 4.79 Å². The van der Waals surface area contributed by atoms with Crippen molar-refractivity contribution in [3.8, 4) is 17.0 Å².